The van der Waals surface area contributed by atoms with Crippen LogP contribution in [-0.4, -0.2) is 24.6 Å². The van der Waals surface area contributed by atoms with Gasteiger partial charge in [0.05, 0.1) is 18.2 Å². The minimum absolute atomic E-state index is 0.440. The molecule has 0 bridgehead atoms. The Morgan fingerprint density at radius 3 is 2.60 bits per heavy atom. The molecule has 0 aliphatic carbocycles. The molecule has 0 amide bonds. The molecule has 0 aromatic heterocycles. The molecule has 3 aromatic rings. The number of nitrogens with zero attached hydrogens (tertiary/aromatic N) is 2. The second-order valence-electron chi connectivity index (χ2n) is 8.15. The molecule has 1 saturated heterocycles. The summed E-state index contributed by atoms with van der Waals surface area (Å²) in [7, 11) is 0. The first kappa shape index (κ1) is 18.7. The van der Waals surface area contributed by atoms with Crippen LogP contribution in [0, 0.1) is 17.2 Å². The van der Waals surface area contributed by atoms with Gasteiger partial charge >= 0.3 is 0 Å². The van der Waals surface area contributed by atoms with Crippen molar-refractivity contribution in [2.24, 2.45) is 5.92 Å². The molecule has 0 radical (unpaired) electrons. The van der Waals surface area contributed by atoms with Crippen LogP contribution in [0.5, 0.6) is 11.5 Å². The zero-order chi connectivity index (χ0) is 20.3. The predicted molar refractivity (Wildman–Crippen MR) is 115 cm³/mol. The standard InChI is InChI=1S/C26H24N2O2/c27-13-21-8-11-26-24(12-21)25-16-28(15-22(25)18-30-26)14-19-6-9-23(10-7-19)29-17-20-4-2-1-3-5-20/h1-12,22,25H,14-18H2. The van der Waals surface area contributed by atoms with E-state index >= 15 is 0 Å². The Balaban J connectivity index is 1.21. The average Bonchev–Trinajstić information content (AvgIpc) is 3.22. The highest BCUT2D eigenvalue weighted by atomic mass is 16.5. The van der Waals surface area contributed by atoms with E-state index in [1.165, 1.54) is 16.7 Å². The summed E-state index contributed by atoms with van der Waals surface area (Å²) in [5, 5.41) is 9.24. The van der Waals surface area contributed by atoms with E-state index < -0.39 is 0 Å². The van der Waals surface area contributed by atoms with E-state index in [-0.39, 0.29) is 0 Å². The van der Waals surface area contributed by atoms with E-state index in [0.29, 0.717) is 24.0 Å². The molecule has 150 valence electrons. The lowest BCUT2D eigenvalue weighted by Gasteiger charge is -2.27. The van der Waals surface area contributed by atoms with Gasteiger partial charge in [-0.05, 0) is 41.5 Å². The third-order valence-electron chi connectivity index (χ3n) is 6.09. The molecular formula is C26H24N2O2. The molecule has 1 fully saturated rings. The fourth-order valence-corrected chi connectivity index (χ4v) is 4.54. The minimum Gasteiger partial charge on any atom is -0.493 e. The van der Waals surface area contributed by atoms with E-state index in [1.807, 2.05) is 36.4 Å². The van der Waals surface area contributed by atoms with Crippen LogP contribution in [0.2, 0.25) is 0 Å². The summed E-state index contributed by atoms with van der Waals surface area (Å²) in [6.07, 6.45) is 0. The van der Waals surface area contributed by atoms with Crippen LogP contribution in [0.1, 0.15) is 28.2 Å². The number of hydrogen-bond acceptors (Lipinski definition) is 4. The van der Waals surface area contributed by atoms with Crippen LogP contribution in [0.3, 0.4) is 0 Å². The molecule has 0 N–H and O–H groups in total. The molecule has 2 atom stereocenters. The number of likely N-dealkylation sites (tertiary alicyclic amines) is 1. The van der Waals surface area contributed by atoms with Gasteiger partial charge in [-0.3, -0.25) is 4.90 Å². The van der Waals surface area contributed by atoms with Crippen molar-refractivity contribution in [2.45, 2.75) is 19.1 Å². The summed E-state index contributed by atoms with van der Waals surface area (Å²) in [5.74, 6) is 2.76. The third-order valence-corrected chi connectivity index (χ3v) is 6.09. The monoisotopic (exact) mass is 396 g/mol. The maximum absolute atomic E-state index is 9.24. The van der Waals surface area contributed by atoms with Crippen molar-refractivity contribution >= 4 is 0 Å². The lowest BCUT2D eigenvalue weighted by molar-refractivity contribution is 0.212. The van der Waals surface area contributed by atoms with Crippen molar-refractivity contribution in [3.05, 3.63) is 95.1 Å². The Morgan fingerprint density at radius 2 is 1.80 bits per heavy atom. The number of fused-ring (bicyclic) bond motifs is 3. The second-order valence-corrected chi connectivity index (χ2v) is 8.15. The van der Waals surface area contributed by atoms with Gasteiger partial charge in [0.15, 0.2) is 0 Å². The maximum atomic E-state index is 9.24. The Hall–Kier alpha value is -3.29. The second kappa shape index (κ2) is 8.22. The maximum Gasteiger partial charge on any atom is 0.122 e. The molecule has 0 saturated carbocycles. The minimum atomic E-state index is 0.440. The molecule has 4 heteroatoms. The average molecular weight is 396 g/mol. The van der Waals surface area contributed by atoms with Crippen molar-refractivity contribution in [3.8, 4) is 17.6 Å². The van der Waals surface area contributed by atoms with Crippen LogP contribution in [0.25, 0.3) is 0 Å². The van der Waals surface area contributed by atoms with Crippen molar-refractivity contribution < 1.29 is 9.47 Å². The van der Waals surface area contributed by atoms with E-state index in [4.69, 9.17) is 9.47 Å². The van der Waals surface area contributed by atoms with Crippen molar-refractivity contribution in [3.63, 3.8) is 0 Å². The Bertz CT molecular complexity index is 1060. The Kier molecular flexibility index (Phi) is 5.13. The Morgan fingerprint density at radius 1 is 0.967 bits per heavy atom. The third kappa shape index (κ3) is 3.90. The van der Waals surface area contributed by atoms with E-state index in [9.17, 15) is 5.26 Å². The highest BCUT2D eigenvalue weighted by molar-refractivity contribution is 5.46. The van der Waals surface area contributed by atoms with Gasteiger partial charge in [-0.2, -0.15) is 5.26 Å². The summed E-state index contributed by atoms with van der Waals surface area (Å²) < 4.78 is 11.9. The van der Waals surface area contributed by atoms with Gasteiger partial charge in [-0.15, -0.1) is 0 Å². The summed E-state index contributed by atoms with van der Waals surface area (Å²) in [4.78, 5) is 2.49. The molecule has 2 heterocycles. The molecule has 0 spiro atoms. The van der Waals surface area contributed by atoms with Crippen LogP contribution in [0.4, 0.5) is 0 Å². The van der Waals surface area contributed by atoms with Gasteiger partial charge in [0.2, 0.25) is 0 Å². The number of rotatable bonds is 5. The molecule has 2 aliphatic rings. The van der Waals surface area contributed by atoms with E-state index in [2.05, 4.69) is 47.4 Å². The van der Waals surface area contributed by atoms with Crippen LogP contribution in [-0.2, 0) is 13.2 Å². The van der Waals surface area contributed by atoms with E-state index in [1.54, 1.807) is 0 Å². The van der Waals surface area contributed by atoms with Gasteiger partial charge in [0.25, 0.3) is 0 Å². The van der Waals surface area contributed by atoms with Crippen molar-refractivity contribution in [1.82, 2.24) is 4.90 Å². The first-order valence-electron chi connectivity index (χ1n) is 10.4. The smallest absolute Gasteiger partial charge is 0.122 e. The first-order chi connectivity index (χ1) is 14.8. The SMILES string of the molecule is N#Cc1ccc2c(c1)C1CN(Cc3ccc(OCc4ccccc4)cc3)CC1CO2. The lowest BCUT2D eigenvalue weighted by Crippen LogP contribution is -2.25. The zero-order valence-corrected chi connectivity index (χ0v) is 16.8. The number of ether oxygens (including phenoxy) is 2. The first-order valence-corrected chi connectivity index (χ1v) is 10.4. The van der Waals surface area contributed by atoms with E-state index in [0.717, 1.165) is 37.7 Å². The topological polar surface area (TPSA) is 45.5 Å². The molecule has 3 aromatic carbocycles. The van der Waals surface area contributed by atoms with Gasteiger partial charge in [0, 0.05) is 37.0 Å². The lowest BCUT2D eigenvalue weighted by atomic mass is 9.86. The molecule has 4 nitrogen and oxygen atoms in total. The highest BCUT2D eigenvalue weighted by Crippen LogP contribution is 2.42. The number of nitriles is 1. The fourth-order valence-electron chi connectivity index (χ4n) is 4.54. The quantitative estimate of drug-likeness (QED) is 0.625. The molecule has 5 rings (SSSR count). The molecule has 2 unspecified atom stereocenters. The van der Waals surface area contributed by atoms with Gasteiger partial charge in [-0.1, -0.05) is 42.5 Å². The van der Waals surface area contributed by atoms with Crippen LogP contribution < -0.4 is 9.47 Å². The van der Waals surface area contributed by atoms with Crippen molar-refractivity contribution in [1.29, 1.82) is 5.26 Å². The molecular weight excluding hydrogens is 372 g/mol. The molecule has 2 aliphatic heterocycles. The summed E-state index contributed by atoms with van der Waals surface area (Å²) >= 11 is 0. The van der Waals surface area contributed by atoms with Gasteiger partial charge in [-0.25, -0.2) is 0 Å². The number of benzene rings is 3. The Labute approximate surface area is 177 Å². The molecule has 30 heavy (non-hydrogen) atoms. The van der Waals surface area contributed by atoms with Crippen LogP contribution >= 0.6 is 0 Å². The van der Waals surface area contributed by atoms with Crippen molar-refractivity contribution in [2.75, 3.05) is 19.7 Å². The normalized spacial score (nSPS) is 20.0. The summed E-state index contributed by atoms with van der Waals surface area (Å²) in [6, 6.07) is 26.7. The zero-order valence-electron chi connectivity index (χ0n) is 16.8. The predicted octanol–water partition coefficient (Wildman–Crippen LogP) is 4.75. The fraction of sp³-hybridized carbons (Fsp3) is 0.269. The number of hydrogen-bond donors (Lipinski definition) is 0. The van der Waals surface area contributed by atoms with Gasteiger partial charge < -0.3 is 9.47 Å². The summed E-state index contributed by atoms with van der Waals surface area (Å²) in [5.41, 5.74) is 4.36. The summed E-state index contributed by atoms with van der Waals surface area (Å²) in [6.45, 7) is 4.28. The van der Waals surface area contributed by atoms with Crippen LogP contribution in [0.15, 0.2) is 72.8 Å². The highest BCUT2D eigenvalue weighted by Gasteiger charge is 2.38. The largest absolute Gasteiger partial charge is 0.493 e. The van der Waals surface area contributed by atoms with Gasteiger partial charge in [0.1, 0.15) is 18.1 Å².